The molecule has 106 valence electrons. The van der Waals surface area contributed by atoms with Crippen LogP contribution in [-0.2, 0) is 20.2 Å². The van der Waals surface area contributed by atoms with Crippen molar-refractivity contribution in [3.05, 3.63) is 29.8 Å². The van der Waals surface area contributed by atoms with E-state index in [-0.39, 0.29) is 10.9 Å². The number of hydrogen-bond donors (Lipinski definition) is 2. The Bertz CT molecular complexity index is 564. The Balaban J connectivity index is 3.23. The lowest BCUT2D eigenvalue weighted by Gasteiger charge is -2.30. The maximum atomic E-state index is 11.7. The van der Waals surface area contributed by atoms with Gasteiger partial charge in [-0.15, -0.1) is 0 Å². The smallest absolute Gasteiger partial charge is 0.242 e. The molecule has 0 aliphatic rings. The minimum Gasteiger partial charge on any atom is -0.368 e. The molecule has 1 atom stereocenters. The molecular formula is C13H20N2O3S. The third-order valence-electron chi connectivity index (χ3n) is 2.93. The molecule has 3 N–H and O–H groups in total. The highest BCUT2D eigenvalue weighted by molar-refractivity contribution is 7.90. The molecule has 5 nitrogen and oxygen atoms in total. The zero-order chi connectivity index (χ0) is 14.8. The number of benzene rings is 1. The lowest BCUT2D eigenvalue weighted by atomic mass is 9.90. The molecule has 0 radical (unpaired) electrons. The van der Waals surface area contributed by atoms with Crippen molar-refractivity contribution >= 4 is 15.7 Å². The van der Waals surface area contributed by atoms with Gasteiger partial charge < -0.3 is 5.73 Å². The zero-order valence-corrected chi connectivity index (χ0v) is 12.4. The van der Waals surface area contributed by atoms with Gasteiger partial charge in [0.1, 0.15) is 5.54 Å². The van der Waals surface area contributed by atoms with Gasteiger partial charge in [-0.1, -0.05) is 12.1 Å². The highest BCUT2D eigenvalue weighted by atomic mass is 32.2. The number of nitrogens with one attached hydrogen (secondary N) is 1. The quantitative estimate of drug-likeness (QED) is 0.836. The lowest BCUT2D eigenvalue weighted by molar-refractivity contribution is -0.124. The second-order valence-electron chi connectivity index (χ2n) is 5.08. The third-order valence-corrected chi connectivity index (χ3v) is 4.06. The van der Waals surface area contributed by atoms with Crippen LogP contribution in [0.1, 0.15) is 26.3 Å². The van der Waals surface area contributed by atoms with E-state index in [2.05, 4.69) is 5.32 Å². The van der Waals surface area contributed by atoms with Gasteiger partial charge >= 0.3 is 0 Å². The molecule has 0 bridgehead atoms. The molecule has 0 aromatic heterocycles. The summed E-state index contributed by atoms with van der Waals surface area (Å²) in [4.78, 5) is 11.9. The zero-order valence-electron chi connectivity index (χ0n) is 11.6. The molecule has 1 rings (SSSR count). The summed E-state index contributed by atoms with van der Waals surface area (Å²) in [5.41, 5.74) is 5.07. The van der Waals surface area contributed by atoms with Crippen LogP contribution in [0.2, 0.25) is 0 Å². The van der Waals surface area contributed by atoms with Gasteiger partial charge in [0.25, 0.3) is 0 Å². The topological polar surface area (TPSA) is 89.3 Å². The Hall–Kier alpha value is -1.40. The summed E-state index contributed by atoms with van der Waals surface area (Å²) in [6.07, 6.45) is 1.14. The van der Waals surface area contributed by atoms with Crippen molar-refractivity contribution < 1.29 is 13.2 Å². The standard InChI is InChI=1S/C13H20N2O3S/c1-9(2)15-13(3,12(14)16)10-5-7-11(8-6-10)19(4,17)18/h5-9,15H,1-4H3,(H2,14,16). The van der Waals surface area contributed by atoms with Crippen LogP contribution in [0.15, 0.2) is 29.2 Å². The minimum atomic E-state index is -3.24. The maximum Gasteiger partial charge on any atom is 0.242 e. The summed E-state index contributed by atoms with van der Waals surface area (Å²) in [6.45, 7) is 5.50. The van der Waals surface area contributed by atoms with Gasteiger partial charge in [-0.2, -0.15) is 0 Å². The summed E-state index contributed by atoms with van der Waals surface area (Å²) in [7, 11) is -3.24. The predicted molar refractivity (Wildman–Crippen MR) is 74.4 cm³/mol. The van der Waals surface area contributed by atoms with Gasteiger partial charge in [0.05, 0.1) is 4.90 Å². The van der Waals surface area contributed by atoms with Crippen molar-refractivity contribution in [1.29, 1.82) is 0 Å². The molecule has 1 aromatic rings. The Morgan fingerprint density at radius 2 is 1.74 bits per heavy atom. The number of carbonyl (C=O) groups is 1. The van der Waals surface area contributed by atoms with E-state index in [1.807, 2.05) is 13.8 Å². The van der Waals surface area contributed by atoms with Crippen LogP contribution in [0.5, 0.6) is 0 Å². The maximum absolute atomic E-state index is 11.7. The number of carbonyl (C=O) groups excluding carboxylic acids is 1. The number of nitrogens with two attached hydrogens (primary N) is 1. The molecule has 0 aliphatic heterocycles. The van der Waals surface area contributed by atoms with Crippen molar-refractivity contribution in [3.63, 3.8) is 0 Å². The van der Waals surface area contributed by atoms with Crippen LogP contribution >= 0.6 is 0 Å². The van der Waals surface area contributed by atoms with Crippen molar-refractivity contribution in [1.82, 2.24) is 5.32 Å². The van der Waals surface area contributed by atoms with Crippen LogP contribution < -0.4 is 11.1 Å². The van der Waals surface area contributed by atoms with Gasteiger partial charge in [-0.3, -0.25) is 10.1 Å². The second kappa shape index (κ2) is 5.30. The van der Waals surface area contributed by atoms with Crippen molar-refractivity contribution in [2.75, 3.05) is 6.26 Å². The fraction of sp³-hybridized carbons (Fsp3) is 0.462. The first-order valence-electron chi connectivity index (χ1n) is 5.95. The van der Waals surface area contributed by atoms with Gasteiger partial charge in [0.2, 0.25) is 5.91 Å². The number of hydrogen-bond acceptors (Lipinski definition) is 4. The summed E-state index contributed by atoms with van der Waals surface area (Å²) < 4.78 is 22.8. The fourth-order valence-electron chi connectivity index (χ4n) is 1.91. The van der Waals surface area contributed by atoms with E-state index >= 15 is 0 Å². The second-order valence-corrected chi connectivity index (χ2v) is 7.10. The van der Waals surface area contributed by atoms with Crippen molar-refractivity contribution in [3.8, 4) is 0 Å². The monoisotopic (exact) mass is 284 g/mol. The predicted octanol–water partition coefficient (Wildman–Crippen LogP) is 0.789. The Morgan fingerprint density at radius 3 is 2.05 bits per heavy atom. The minimum absolute atomic E-state index is 0.0621. The summed E-state index contributed by atoms with van der Waals surface area (Å²) in [5.74, 6) is -0.506. The van der Waals surface area contributed by atoms with E-state index in [1.54, 1.807) is 19.1 Å². The van der Waals surface area contributed by atoms with E-state index in [0.29, 0.717) is 5.56 Å². The van der Waals surface area contributed by atoms with E-state index in [9.17, 15) is 13.2 Å². The highest BCUT2D eigenvalue weighted by Crippen LogP contribution is 2.23. The molecule has 0 saturated carbocycles. The summed E-state index contributed by atoms with van der Waals surface area (Å²) >= 11 is 0. The average Bonchev–Trinajstić information content (AvgIpc) is 2.26. The normalized spacial score (nSPS) is 15.2. The molecule has 1 aromatic carbocycles. The number of sulfone groups is 1. The van der Waals surface area contributed by atoms with Crippen LogP contribution in [0, 0.1) is 0 Å². The van der Waals surface area contributed by atoms with Gasteiger partial charge in [0.15, 0.2) is 9.84 Å². The van der Waals surface area contributed by atoms with Crippen LogP contribution in [-0.4, -0.2) is 26.6 Å². The number of primary amides is 1. The van der Waals surface area contributed by atoms with Gasteiger partial charge in [-0.25, -0.2) is 8.42 Å². The molecule has 1 amide bonds. The molecule has 0 saturated heterocycles. The highest BCUT2D eigenvalue weighted by Gasteiger charge is 2.33. The first-order valence-corrected chi connectivity index (χ1v) is 7.84. The lowest BCUT2D eigenvalue weighted by Crippen LogP contribution is -2.52. The molecule has 1 unspecified atom stereocenters. The van der Waals surface area contributed by atoms with Crippen molar-refractivity contribution in [2.45, 2.75) is 37.2 Å². The average molecular weight is 284 g/mol. The fourth-order valence-corrected chi connectivity index (χ4v) is 2.54. The first kappa shape index (κ1) is 15.7. The van der Waals surface area contributed by atoms with E-state index < -0.39 is 21.3 Å². The molecular weight excluding hydrogens is 264 g/mol. The first-order chi connectivity index (χ1) is 8.57. The Morgan fingerprint density at radius 1 is 1.26 bits per heavy atom. The number of rotatable bonds is 5. The molecule has 6 heteroatoms. The van der Waals surface area contributed by atoms with E-state index in [1.165, 1.54) is 12.1 Å². The van der Waals surface area contributed by atoms with Crippen LogP contribution in [0.3, 0.4) is 0 Å². The van der Waals surface area contributed by atoms with Gasteiger partial charge in [-0.05, 0) is 38.5 Å². The van der Waals surface area contributed by atoms with E-state index in [0.717, 1.165) is 6.26 Å². The Labute approximate surface area is 114 Å². The molecule has 19 heavy (non-hydrogen) atoms. The molecule has 0 heterocycles. The number of amides is 1. The SMILES string of the molecule is CC(C)NC(C)(C(N)=O)c1ccc(S(C)(=O)=O)cc1. The third kappa shape index (κ3) is 3.54. The van der Waals surface area contributed by atoms with Crippen molar-refractivity contribution in [2.24, 2.45) is 5.73 Å². The Kier molecular flexibility index (Phi) is 4.37. The molecule has 0 fully saturated rings. The van der Waals surface area contributed by atoms with Crippen LogP contribution in [0.4, 0.5) is 0 Å². The summed E-state index contributed by atoms with van der Waals surface area (Å²) in [6, 6.07) is 6.24. The molecule has 0 spiro atoms. The van der Waals surface area contributed by atoms with E-state index in [4.69, 9.17) is 5.73 Å². The largest absolute Gasteiger partial charge is 0.368 e. The summed E-state index contributed by atoms with van der Waals surface area (Å²) in [5, 5.41) is 3.11. The van der Waals surface area contributed by atoms with Gasteiger partial charge in [0, 0.05) is 12.3 Å². The molecule has 0 aliphatic carbocycles. The van der Waals surface area contributed by atoms with Crippen LogP contribution in [0.25, 0.3) is 0 Å².